The third-order valence-electron chi connectivity index (χ3n) is 5.24. The quantitative estimate of drug-likeness (QED) is 0.801. The van der Waals surface area contributed by atoms with Gasteiger partial charge in [-0.15, -0.1) is 11.3 Å². The predicted octanol–water partition coefficient (Wildman–Crippen LogP) is 3.38. The number of nitrogens with two attached hydrogens (primary N) is 1. The lowest BCUT2D eigenvalue weighted by Gasteiger charge is -2.48. The van der Waals surface area contributed by atoms with E-state index in [1.165, 1.54) is 0 Å². The summed E-state index contributed by atoms with van der Waals surface area (Å²) in [6.07, 6.45) is 4.99. The molecule has 0 aliphatic heterocycles. The third-order valence-corrected chi connectivity index (χ3v) is 6.32. The van der Waals surface area contributed by atoms with Crippen molar-refractivity contribution in [1.29, 1.82) is 15.8 Å². The number of rotatable bonds is 1. The van der Waals surface area contributed by atoms with E-state index in [0.29, 0.717) is 0 Å². The van der Waals surface area contributed by atoms with Crippen molar-refractivity contribution >= 4 is 11.3 Å². The number of thiophene rings is 1. The molecule has 1 saturated carbocycles. The van der Waals surface area contributed by atoms with E-state index in [2.05, 4.69) is 24.3 Å². The second-order valence-corrected chi connectivity index (χ2v) is 7.71. The van der Waals surface area contributed by atoms with E-state index in [4.69, 9.17) is 5.73 Å². The van der Waals surface area contributed by atoms with Crippen LogP contribution in [0.25, 0.3) is 0 Å². The van der Waals surface area contributed by atoms with Gasteiger partial charge in [0.05, 0.1) is 30.2 Å². The summed E-state index contributed by atoms with van der Waals surface area (Å²) in [5, 5.41) is 29.4. The number of hydrogen-bond donors (Lipinski definition) is 1. The van der Waals surface area contributed by atoms with Crippen molar-refractivity contribution < 1.29 is 0 Å². The number of nitriles is 3. The summed E-state index contributed by atoms with van der Waals surface area (Å²) >= 11 is 1.63. The third kappa shape index (κ3) is 2.19. The fourth-order valence-electron chi connectivity index (χ4n) is 4.15. The minimum absolute atomic E-state index is 0.0607. The van der Waals surface area contributed by atoms with Crippen LogP contribution in [-0.4, -0.2) is 6.04 Å². The standard InChI is InChI=1S/C18H18N4S/c1-11-6-7-15(23-11)16-13-5-3-2-4-12(13)14(8-19)17(22)18(16,9-20)10-21/h4,6-7,13-14,16-17H,2-3,5,22H2,1H3/t13-,14-,16+,17+/m1/s1. The lowest BCUT2D eigenvalue weighted by Crippen LogP contribution is -2.55. The summed E-state index contributed by atoms with van der Waals surface area (Å²) in [5.41, 5.74) is 6.02. The molecule has 1 heterocycles. The summed E-state index contributed by atoms with van der Waals surface area (Å²) in [4.78, 5) is 2.19. The zero-order valence-electron chi connectivity index (χ0n) is 13.0. The molecule has 116 valence electrons. The van der Waals surface area contributed by atoms with Crippen LogP contribution in [0.1, 0.15) is 34.9 Å². The molecule has 4 nitrogen and oxygen atoms in total. The molecule has 2 aliphatic rings. The number of hydrogen-bond acceptors (Lipinski definition) is 5. The van der Waals surface area contributed by atoms with Crippen molar-refractivity contribution in [2.45, 2.75) is 38.1 Å². The Morgan fingerprint density at radius 3 is 2.57 bits per heavy atom. The molecule has 0 unspecified atom stereocenters. The van der Waals surface area contributed by atoms with Gasteiger partial charge in [0.15, 0.2) is 5.41 Å². The van der Waals surface area contributed by atoms with Crippen LogP contribution in [0.4, 0.5) is 0 Å². The first-order valence-electron chi connectivity index (χ1n) is 7.83. The monoisotopic (exact) mass is 322 g/mol. The minimum atomic E-state index is -1.35. The van der Waals surface area contributed by atoms with Gasteiger partial charge in [-0.25, -0.2) is 0 Å². The SMILES string of the molecule is Cc1ccc([C@@H]2[C@@H]3CCCC=C3[C@@H](C#N)[C@H](N)C2(C#N)C#N)s1. The average Bonchev–Trinajstić information content (AvgIpc) is 3.00. The van der Waals surface area contributed by atoms with Crippen LogP contribution in [0.2, 0.25) is 0 Å². The van der Waals surface area contributed by atoms with Crippen molar-refractivity contribution in [3.8, 4) is 18.2 Å². The molecule has 5 heteroatoms. The molecule has 1 aromatic rings. The van der Waals surface area contributed by atoms with Crippen molar-refractivity contribution in [2.75, 3.05) is 0 Å². The molecule has 3 rings (SSSR count). The molecule has 0 aromatic carbocycles. The molecule has 4 atom stereocenters. The number of nitrogens with zero attached hydrogens (tertiary/aromatic N) is 3. The molecule has 0 radical (unpaired) electrons. The number of allylic oxidation sites excluding steroid dienone is 1. The molecule has 1 fully saturated rings. The maximum Gasteiger partial charge on any atom is 0.168 e. The van der Waals surface area contributed by atoms with E-state index in [0.717, 1.165) is 34.6 Å². The van der Waals surface area contributed by atoms with E-state index in [1.807, 2.05) is 19.1 Å². The highest BCUT2D eigenvalue weighted by Crippen LogP contribution is 2.57. The van der Waals surface area contributed by atoms with Crippen molar-refractivity contribution in [1.82, 2.24) is 0 Å². The molecule has 0 saturated heterocycles. The molecule has 23 heavy (non-hydrogen) atoms. The first-order valence-corrected chi connectivity index (χ1v) is 8.64. The van der Waals surface area contributed by atoms with Crippen molar-refractivity contribution in [3.63, 3.8) is 0 Å². The zero-order chi connectivity index (χ0) is 16.6. The first-order chi connectivity index (χ1) is 11.1. The Kier molecular flexibility index (Phi) is 3.99. The van der Waals surface area contributed by atoms with Gasteiger partial charge in [0, 0.05) is 15.7 Å². The van der Waals surface area contributed by atoms with Crippen molar-refractivity contribution in [3.05, 3.63) is 33.5 Å². The van der Waals surface area contributed by atoms with E-state index < -0.39 is 17.4 Å². The Labute approximate surface area is 140 Å². The summed E-state index contributed by atoms with van der Waals surface area (Å²) in [7, 11) is 0. The van der Waals surface area contributed by atoms with Crippen molar-refractivity contribution in [2.24, 2.45) is 23.0 Å². The lowest BCUT2D eigenvalue weighted by atomic mass is 9.53. The van der Waals surface area contributed by atoms with Gasteiger partial charge in [-0.3, -0.25) is 0 Å². The molecular formula is C18H18N4S. The molecule has 2 N–H and O–H groups in total. The summed E-state index contributed by atoms with van der Waals surface area (Å²) < 4.78 is 0. The van der Waals surface area contributed by atoms with E-state index in [1.54, 1.807) is 11.3 Å². The lowest BCUT2D eigenvalue weighted by molar-refractivity contribution is 0.186. The Balaban J connectivity index is 2.23. The summed E-state index contributed by atoms with van der Waals surface area (Å²) in [5.74, 6) is -0.732. The molecule has 1 aromatic heterocycles. The molecule has 0 spiro atoms. The van der Waals surface area contributed by atoms with Crippen LogP contribution < -0.4 is 5.73 Å². The maximum absolute atomic E-state index is 9.88. The zero-order valence-corrected chi connectivity index (χ0v) is 13.8. The summed E-state index contributed by atoms with van der Waals surface area (Å²) in [6, 6.07) is 9.94. The Hall–Kier alpha value is -2.13. The second-order valence-electron chi connectivity index (χ2n) is 6.39. The maximum atomic E-state index is 9.88. The van der Waals surface area contributed by atoms with Crippen LogP contribution in [0.15, 0.2) is 23.8 Å². The Morgan fingerprint density at radius 2 is 2.00 bits per heavy atom. The van der Waals surface area contributed by atoms with E-state index >= 15 is 0 Å². The smallest absolute Gasteiger partial charge is 0.168 e. The van der Waals surface area contributed by atoms with Gasteiger partial charge in [0.25, 0.3) is 0 Å². The highest BCUT2D eigenvalue weighted by molar-refractivity contribution is 7.12. The van der Waals surface area contributed by atoms with Gasteiger partial charge in [-0.1, -0.05) is 11.6 Å². The molecular weight excluding hydrogens is 304 g/mol. The van der Waals surface area contributed by atoms with Crippen LogP contribution >= 0.6 is 11.3 Å². The molecule has 0 bridgehead atoms. The van der Waals surface area contributed by atoms with Gasteiger partial charge in [0.1, 0.15) is 0 Å². The average molecular weight is 322 g/mol. The number of fused-ring (bicyclic) bond motifs is 1. The molecule has 2 aliphatic carbocycles. The Bertz CT molecular complexity index is 756. The van der Waals surface area contributed by atoms with Crippen LogP contribution in [0.5, 0.6) is 0 Å². The highest BCUT2D eigenvalue weighted by Gasteiger charge is 2.58. The fourth-order valence-corrected chi connectivity index (χ4v) is 5.27. The van der Waals surface area contributed by atoms with Gasteiger partial charge < -0.3 is 5.73 Å². The van der Waals surface area contributed by atoms with Gasteiger partial charge >= 0.3 is 0 Å². The topological polar surface area (TPSA) is 97.4 Å². The largest absolute Gasteiger partial charge is 0.324 e. The van der Waals surface area contributed by atoms with Crippen LogP contribution in [0.3, 0.4) is 0 Å². The fraction of sp³-hybridized carbons (Fsp3) is 0.500. The van der Waals surface area contributed by atoms with Crippen LogP contribution in [-0.2, 0) is 0 Å². The second kappa shape index (κ2) is 5.82. The van der Waals surface area contributed by atoms with E-state index in [-0.39, 0.29) is 11.8 Å². The van der Waals surface area contributed by atoms with Gasteiger partial charge in [-0.05, 0) is 44.2 Å². The van der Waals surface area contributed by atoms with Gasteiger partial charge in [-0.2, -0.15) is 15.8 Å². The molecule has 0 amide bonds. The summed E-state index contributed by atoms with van der Waals surface area (Å²) in [6.45, 7) is 2.02. The minimum Gasteiger partial charge on any atom is -0.324 e. The highest BCUT2D eigenvalue weighted by atomic mass is 32.1. The number of aryl methyl sites for hydroxylation is 1. The van der Waals surface area contributed by atoms with Crippen LogP contribution in [0, 0.1) is 58.2 Å². The first kappa shape index (κ1) is 15.8. The van der Waals surface area contributed by atoms with E-state index in [9.17, 15) is 15.8 Å². The Morgan fingerprint density at radius 1 is 1.26 bits per heavy atom. The normalized spacial score (nSPS) is 31.9. The predicted molar refractivity (Wildman–Crippen MR) is 88.0 cm³/mol. The van der Waals surface area contributed by atoms with Gasteiger partial charge in [0.2, 0.25) is 0 Å².